The highest BCUT2D eigenvalue weighted by Crippen LogP contribution is 2.35. The van der Waals surface area contributed by atoms with Crippen molar-refractivity contribution in [1.82, 2.24) is 9.88 Å². The van der Waals surface area contributed by atoms with E-state index in [0.717, 1.165) is 29.8 Å². The standard InChI is InChI=1S/C24H27N3O3/c28-23(27-11-13-30-14-12-27)10-9-18-16-5-1-3-7-20(16)25-22(18)15-19-17-6-2-4-8-21(17)26-24(19)29/h2,4,6,8,15,25H,1,3,5,7,9-14H2,(H,26,29)/b19-15-. The van der Waals surface area contributed by atoms with E-state index in [1.165, 1.54) is 29.7 Å². The molecule has 6 nitrogen and oxygen atoms in total. The van der Waals surface area contributed by atoms with Crippen molar-refractivity contribution in [2.24, 2.45) is 0 Å². The summed E-state index contributed by atoms with van der Waals surface area (Å²) < 4.78 is 5.36. The maximum absolute atomic E-state index is 12.7. The molecule has 1 aromatic heterocycles. The summed E-state index contributed by atoms with van der Waals surface area (Å²) in [6.07, 6.45) is 7.60. The molecule has 0 unspecified atom stereocenters. The Morgan fingerprint density at radius 2 is 1.93 bits per heavy atom. The molecule has 0 saturated carbocycles. The van der Waals surface area contributed by atoms with Crippen LogP contribution in [0.25, 0.3) is 11.6 Å². The Labute approximate surface area is 176 Å². The average molecular weight is 405 g/mol. The maximum atomic E-state index is 12.7. The number of anilines is 1. The number of nitrogens with zero attached hydrogens (tertiary/aromatic N) is 1. The van der Waals surface area contributed by atoms with E-state index in [0.29, 0.717) is 44.7 Å². The Morgan fingerprint density at radius 1 is 1.13 bits per heavy atom. The number of carbonyl (C=O) groups excluding carboxylic acids is 2. The minimum atomic E-state index is -0.0703. The number of carbonyl (C=O) groups is 2. The van der Waals surface area contributed by atoms with Crippen LogP contribution in [0.4, 0.5) is 5.69 Å². The summed E-state index contributed by atoms with van der Waals surface area (Å²) in [7, 11) is 0. The smallest absolute Gasteiger partial charge is 0.256 e. The first kappa shape index (κ1) is 19.1. The summed E-state index contributed by atoms with van der Waals surface area (Å²) in [6.45, 7) is 2.60. The molecule has 1 aliphatic carbocycles. The number of fused-ring (bicyclic) bond motifs is 2. The van der Waals surface area contributed by atoms with Gasteiger partial charge in [-0.25, -0.2) is 0 Å². The molecule has 2 aliphatic heterocycles. The SMILES string of the molecule is O=C1Nc2ccccc2/C1=C/c1[nH]c2c(c1CCC(=O)N1CCOCC1)CCCC2. The molecule has 0 spiro atoms. The summed E-state index contributed by atoms with van der Waals surface area (Å²) in [4.78, 5) is 30.8. The fourth-order valence-electron chi connectivity index (χ4n) is 4.82. The van der Waals surface area contributed by atoms with Gasteiger partial charge in [-0.3, -0.25) is 9.59 Å². The molecule has 1 fully saturated rings. The molecule has 3 heterocycles. The van der Waals surface area contributed by atoms with Gasteiger partial charge in [0.15, 0.2) is 0 Å². The summed E-state index contributed by atoms with van der Waals surface area (Å²) in [5.41, 5.74) is 7.29. The number of hydrogen-bond donors (Lipinski definition) is 2. The molecular weight excluding hydrogens is 378 g/mol. The number of hydrogen-bond acceptors (Lipinski definition) is 3. The second-order valence-electron chi connectivity index (χ2n) is 8.23. The number of benzene rings is 1. The van der Waals surface area contributed by atoms with Crippen LogP contribution in [-0.2, 0) is 33.6 Å². The number of H-pyrrole nitrogens is 1. The van der Waals surface area contributed by atoms with E-state index in [2.05, 4.69) is 10.3 Å². The lowest BCUT2D eigenvalue weighted by atomic mass is 9.92. The minimum absolute atomic E-state index is 0.0703. The zero-order valence-corrected chi connectivity index (χ0v) is 17.1. The van der Waals surface area contributed by atoms with Crippen molar-refractivity contribution < 1.29 is 14.3 Å². The third kappa shape index (κ3) is 3.56. The van der Waals surface area contributed by atoms with Crippen LogP contribution in [0.2, 0.25) is 0 Å². The molecule has 0 atom stereocenters. The van der Waals surface area contributed by atoms with Crippen molar-refractivity contribution in [1.29, 1.82) is 0 Å². The van der Waals surface area contributed by atoms with Crippen LogP contribution in [0, 0.1) is 0 Å². The number of morpholine rings is 1. The van der Waals surface area contributed by atoms with E-state index in [-0.39, 0.29) is 11.8 Å². The Balaban J connectivity index is 1.45. The molecular formula is C24H27N3O3. The van der Waals surface area contributed by atoms with E-state index in [9.17, 15) is 9.59 Å². The monoisotopic (exact) mass is 405 g/mol. The van der Waals surface area contributed by atoms with Crippen LogP contribution in [0.1, 0.15) is 47.3 Å². The van der Waals surface area contributed by atoms with Crippen molar-refractivity contribution in [2.75, 3.05) is 31.6 Å². The largest absolute Gasteiger partial charge is 0.378 e. The minimum Gasteiger partial charge on any atom is -0.378 e. The van der Waals surface area contributed by atoms with Crippen molar-refractivity contribution in [3.05, 3.63) is 52.3 Å². The molecule has 2 N–H and O–H groups in total. The summed E-state index contributed by atoms with van der Waals surface area (Å²) in [5.74, 6) is 0.116. The van der Waals surface area contributed by atoms with Crippen LogP contribution >= 0.6 is 0 Å². The van der Waals surface area contributed by atoms with Crippen molar-refractivity contribution in [2.45, 2.75) is 38.5 Å². The number of aromatic amines is 1. The number of amides is 2. The third-order valence-electron chi connectivity index (χ3n) is 6.39. The predicted molar refractivity (Wildman–Crippen MR) is 116 cm³/mol. The zero-order valence-electron chi connectivity index (χ0n) is 17.1. The molecule has 30 heavy (non-hydrogen) atoms. The Morgan fingerprint density at radius 3 is 2.80 bits per heavy atom. The second-order valence-corrected chi connectivity index (χ2v) is 8.23. The second kappa shape index (κ2) is 8.11. The van der Waals surface area contributed by atoms with E-state index in [4.69, 9.17) is 4.74 Å². The van der Waals surface area contributed by atoms with Crippen LogP contribution in [0.15, 0.2) is 24.3 Å². The van der Waals surface area contributed by atoms with Gasteiger partial charge < -0.3 is 19.9 Å². The molecule has 6 heteroatoms. The number of aryl methyl sites for hydroxylation is 1. The van der Waals surface area contributed by atoms with Gasteiger partial charge >= 0.3 is 0 Å². The molecule has 0 bridgehead atoms. The van der Waals surface area contributed by atoms with E-state index >= 15 is 0 Å². The topological polar surface area (TPSA) is 74.4 Å². The molecule has 5 rings (SSSR count). The number of para-hydroxylation sites is 1. The van der Waals surface area contributed by atoms with Gasteiger partial charge in [-0.1, -0.05) is 18.2 Å². The average Bonchev–Trinajstić information content (AvgIpc) is 3.29. The van der Waals surface area contributed by atoms with Gasteiger partial charge in [0, 0.05) is 42.1 Å². The third-order valence-corrected chi connectivity index (χ3v) is 6.39. The number of aromatic nitrogens is 1. The molecule has 2 amide bonds. The molecule has 2 aromatic rings. The van der Waals surface area contributed by atoms with E-state index < -0.39 is 0 Å². The van der Waals surface area contributed by atoms with Crippen molar-refractivity contribution in [3.63, 3.8) is 0 Å². The predicted octanol–water partition coefficient (Wildman–Crippen LogP) is 3.18. The summed E-state index contributed by atoms with van der Waals surface area (Å²) >= 11 is 0. The maximum Gasteiger partial charge on any atom is 0.256 e. The van der Waals surface area contributed by atoms with Gasteiger partial charge in [-0.05, 0) is 55.4 Å². The Bertz CT molecular complexity index is 1010. The highest BCUT2D eigenvalue weighted by molar-refractivity contribution is 6.34. The Kier molecular flexibility index (Phi) is 5.17. The number of nitrogens with one attached hydrogen (secondary N) is 2. The quantitative estimate of drug-likeness (QED) is 0.768. The van der Waals surface area contributed by atoms with Gasteiger partial charge in [0.2, 0.25) is 5.91 Å². The lowest BCUT2D eigenvalue weighted by molar-refractivity contribution is -0.135. The highest BCUT2D eigenvalue weighted by Gasteiger charge is 2.26. The first-order chi connectivity index (χ1) is 14.7. The molecule has 1 aromatic carbocycles. The fourth-order valence-corrected chi connectivity index (χ4v) is 4.82. The van der Waals surface area contributed by atoms with Gasteiger partial charge in [0.25, 0.3) is 5.91 Å². The first-order valence-electron chi connectivity index (χ1n) is 10.9. The molecule has 156 valence electrons. The van der Waals surface area contributed by atoms with Gasteiger partial charge in [0.1, 0.15) is 0 Å². The van der Waals surface area contributed by atoms with Crippen molar-refractivity contribution in [3.8, 4) is 0 Å². The molecule has 3 aliphatic rings. The van der Waals surface area contributed by atoms with Gasteiger partial charge in [-0.15, -0.1) is 0 Å². The van der Waals surface area contributed by atoms with Crippen molar-refractivity contribution >= 4 is 29.2 Å². The van der Waals surface area contributed by atoms with Crippen LogP contribution in [0.5, 0.6) is 0 Å². The van der Waals surface area contributed by atoms with Crippen LogP contribution < -0.4 is 5.32 Å². The first-order valence-corrected chi connectivity index (χ1v) is 10.9. The number of ether oxygens (including phenoxy) is 1. The summed E-state index contributed by atoms with van der Waals surface area (Å²) in [6, 6.07) is 7.78. The van der Waals surface area contributed by atoms with Gasteiger partial charge in [-0.2, -0.15) is 0 Å². The fraction of sp³-hybridized carbons (Fsp3) is 0.417. The summed E-state index contributed by atoms with van der Waals surface area (Å²) in [5, 5.41) is 2.95. The highest BCUT2D eigenvalue weighted by atomic mass is 16.5. The zero-order chi connectivity index (χ0) is 20.5. The lowest BCUT2D eigenvalue weighted by Crippen LogP contribution is -2.40. The van der Waals surface area contributed by atoms with E-state index in [1.54, 1.807) is 0 Å². The molecule has 1 saturated heterocycles. The van der Waals surface area contributed by atoms with Crippen LogP contribution in [0.3, 0.4) is 0 Å². The lowest BCUT2D eigenvalue weighted by Gasteiger charge is -2.27. The Hall–Kier alpha value is -2.86. The normalized spacial score (nSPS) is 19.5. The number of rotatable bonds is 4. The molecule has 0 radical (unpaired) electrons. The van der Waals surface area contributed by atoms with Crippen LogP contribution in [-0.4, -0.2) is 48.0 Å². The van der Waals surface area contributed by atoms with E-state index in [1.807, 2.05) is 35.2 Å². The van der Waals surface area contributed by atoms with Gasteiger partial charge in [0.05, 0.1) is 18.8 Å².